The van der Waals surface area contributed by atoms with E-state index in [9.17, 15) is 4.79 Å². The fourth-order valence-electron chi connectivity index (χ4n) is 0.397. The first-order valence-electron chi connectivity index (χ1n) is 3.04. The van der Waals surface area contributed by atoms with Crippen molar-refractivity contribution < 1.29 is 4.79 Å². The summed E-state index contributed by atoms with van der Waals surface area (Å²) in [5.74, 6) is 0.654. The first-order chi connectivity index (χ1) is 4.81. The topological polar surface area (TPSA) is 41.1 Å². The van der Waals surface area contributed by atoms with Gasteiger partial charge in [-0.3, -0.25) is 0 Å². The summed E-state index contributed by atoms with van der Waals surface area (Å²) in [5, 5.41) is 5.16. The maximum absolute atomic E-state index is 10.7. The Morgan fingerprint density at radius 3 is 2.80 bits per heavy atom. The normalized spacial score (nSPS) is 8.50. The fraction of sp³-hybridized carbons (Fsp3) is 0.500. The Balaban J connectivity index is 3.16. The minimum atomic E-state index is -0.172. The lowest BCUT2D eigenvalue weighted by Gasteiger charge is -2.02. The van der Waals surface area contributed by atoms with Crippen LogP contribution < -0.4 is 10.6 Å². The number of carbonyl (C=O) groups excluding carboxylic acids is 1. The molecule has 0 spiro atoms. The quantitative estimate of drug-likeness (QED) is 0.404. The fourth-order valence-corrected chi connectivity index (χ4v) is 0.509. The number of rotatable bonds is 4. The SMILES string of the molecule is C=CCNC(=O)NCCS. The second-order valence-electron chi connectivity index (χ2n) is 1.65. The molecule has 0 aromatic heterocycles. The Morgan fingerprint density at radius 1 is 1.60 bits per heavy atom. The van der Waals surface area contributed by atoms with Crippen molar-refractivity contribution in [1.29, 1.82) is 0 Å². The second-order valence-corrected chi connectivity index (χ2v) is 2.10. The molecule has 0 aliphatic heterocycles. The molecule has 4 heteroatoms. The van der Waals surface area contributed by atoms with Crippen molar-refractivity contribution in [3.05, 3.63) is 12.7 Å². The molecule has 0 unspecified atom stereocenters. The molecule has 2 N–H and O–H groups in total. The van der Waals surface area contributed by atoms with E-state index in [2.05, 4.69) is 29.8 Å². The maximum atomic E-state index is 10.7. The van der Waals surface area contributed by atoms with Crippen LogP contribution in [-0.2, 0) is 0 Å². The third-order valence-corrected chi connectivity index (χ3v) is 1.03. The van der Waals surface area contributed by atoms with Gasteiger partial charge in [0.1, 0.15) is 0 Å². The van der Waals surface area contributed by atoms with Gasteiger partial charge in [0.05, 0.1) is 0 Å². The van der Waals surface area contributed by atoms with Gasteiger partial charge in [-0.2, -0.15) is 12.6 Å². The minimum Gasteiger partial charge on any atom is -0.337 e. The molecule has 0 aliphatic rings. The van der Waals surface area contributed by atoms with Gasteiger partial charge in [-0.05, 0) is 0 Å². The van der Waals surface area contributed by atoms with Crippen LogP contribution in [0.4, 0.5) is 4.79 Å². The number of hydrogen-bond donors (Lipinski definition) is 3. The van der Waals surface area contributed by atoms with E-state index in [1.54, 1.807) is 6.08 Å². The Bertz CT molecular complexity index is 116. The van der Waals surface area contributed by atoms with E-state index in [1.165, 1.54) is 0 Å². The van der Waals surface area contributed by atoms with Gasteiger partial charge < -0.3 is 10.6 Å². The summed E-state index contributed by atoms with van der Waals surface area (Å²) in [7, 11) is 0. The van der Waals surface area contributed by atoms with Gasteiger partial charge in [0.2, 0.25) is 0 Å². The highest BCUT2D eigenvalue weighted by atomic mass is 32.1. The summed E-state index contributed by atoms with van der Waals surface area (Å²) < 4.78 is 0. The first kappa shape index (κ1) is 9.36. The van der Waals surface area contributed by atoms with Crippen molar-refractivity contribution in [2.24, 2.45) is 0 Å². The molecule has 0 fully saturated rings. The highest BCUT2D eigenvalue weighted by Gasteiger charge is 1.92. The number of thiol groups is 1. The number of amides is 2. The van der Waals surface area contributed by atoms with E-state index in [1.807, 2.05) is 0 Å². The van der Waals surface area contributed by atoms with Gasteiger partial charge in [-0.25, -0.2) is 4.79 Å². The lowest BCUT2D eigenvalue weighted by molar-refractivity contribution is 0.242. The van der Waals surface area contributed by atoms with Gasteiger partial charge in [-0.15, -0.1) is 6.58 Å². The molecule has 2 amide bonds. The summed E-state index contributed by atoms with van der Waals surface area (Å²) >= 11 is 3.92. The summed E-state index contributed by atoms with van der Waals surface area (Å²) in [6, 6.07) is -0.172. The number of hydrogen-bond acceptors (Lipinski definition) is 2. The molecule has 0 radical (unpaired) electrons. The highest BCUT2D eigenvalue weighted by molar-refractivity contribution is 7.80. The summed E-state index contributed by atoms with van der Waals surface area (Å²) in [5.41, 5.74) is 0. The average molecular weight is 160 g/mol. The van der Waals surface area contributed by atoms with E-state index < -0.39 is 0 Å². The van der Waals surface area contributed by atoms with E-state index in [4.69, 9.17) is 0 Å². The van der Waals surface area contributed by atoms with Crippen LogP contribution in [0.15, 0.2) is 12.7 Å². The highest BCUT2D eigenvalue weighted by Crippen LogP contribution is 1.69. The Labute approximate surface area is 66.3 Å². The zero-order chi connectivity index (χ0) is 7.82. The largest absolute Gasteiger partial charge is 0.337 e. The van der Waals surface area contributed by atoms with Crippen molar-refractivity contribution in [3.8, 4) is 0 Å². The molecule has 0 atom stereocenters. The first-order valence-corrected chi connectivity index (χ1v) is 3.68. The third-order valence-electron chi connectivity index (χ3n) is 0.804. The zero-order valence-electron chi connectivity index (χ0n) is 5.76. The number of nitrogens with one attached hydrogen (secondary N) is 2. The monoisotopic (exact) mass is 160 g/mol. The zero-order valence-corrected chi connectivity index (χ0v) is 6.66. The lowest BCUT2D eigenvalue weighted by atomic mass is 10.6. The molecular formula is C6H12N2OS. The molecule has 0 aliphatic carbocycles. The minimum absolute atomic E-state index is 0.172. The summed E-state index contributed by atoms with van der Waals surface area (Å²) in [4.78, 5) is 10.7. The Hall–Kier alpha value is -0.640. The molecule has 10 heavy (non-hydrogen) atoms. The average Bonchev–Trinajstić information content (AvgIpc) is 1.97. The van der Waals surface area contributed by atoms with Crippen LogP contribution in [0.3, 0.4) is 0 Å². The van der Waals surface area contributed by atoms with Crippen LogP contribution in [-0.4, -0.2) is 24.9 Å². The van der Waals surface area contributed by atoms with Crippen molar-refractivity contribution in [1.82, 2.24) is 10.6 Å². The molecule has 0 heterocycles. The van der Waals surface area contributed by atoms with E-state index in [-0.39, 0.29) is 6.03 Å². The van der Waals surface area contributed by atoms with Gasteiger partial charge in [-0.1, -0.05) is 6.08 Å². The molecule has 58 valence electrons. The maximum Gasteiger partial charge on any atom is 0.315 e. The third kappa shape index (κ3) is 5.50. The Morgan fingerprint density at radius 2 is 2.30 bits per heavy atom. The smallest absolute Gasteiger partial charge is 0.315 e. The van der Waals surface area contributed by atoms with Crippen LogP contribution in [0.5, 0.6) is 0 Å². The van der Waals surface area contributed by atoms with Crippen LogP contribution in [0.1, 0.15) is 0 Å². The van der Waals surface area contributed by atoms with Crippen LogP contribution in [0.2, 0.25) is 0 Å². The number of carbonyl (C=O) groups is 1. The van der Waals surface area contributed by atoms with Crippen LogP contribution >= 0.6 is 12.6 Å². The van der Waals surface area contributed by atoms with Crippen molar-refractivity contribution >= 4 is 18.7 Å². The molecule has 0 bridgehead atoms. The van der Waals surface area contributed by atoms with E-state index in [0.717, 1.165) is 0 Å². The molecule has 0 rings (SSSR count). The predicted molar refractivity (Wildman–Crippen MR) is 45.5 cm³/mol. The Kier molecular flexibility index (Phi) is 6.06. The summed E-state index contributed by atoms with van der Waals surface area (Å²) in [6.45, 7) is 4.54. The molecule has 0 saturated carbocycles. The standard InChI is InChI=1S/C6H12N2OS/c1-2-3-7-6(9)8-4-5-10/h2,10H,1,3-5H2,(H2,7,8,9). The van der Waals surface area contributed by atoms with Crippen LogP contribution in [0.25, 0.3) is 0 Å². The van der Waals surface area contributed by atoms with Crippen LogP contribution in [0, 0.1) is 0 Å². The van der Waals surface area contributed by atoms with Crippen molar-refractivity contribution in [2.45, 2.75) is 0 Å². The van der Waals surface area contributed by atoms with E-state index in [0.29, 0.717) is 18.8 Å². The summed E-state index contributed by atoms with van der Waals surface area (Å²) in [6.07, 6.45) is 1.63. The molecule has 0 saturated heterocycles. The molecule has 0 aromatic carbocycles. The predicted octanol–water partition coefficient (Wildman–Crippen LogP) is 0.401. The second kappa shape index (κ2) is 6.48. The van der Waals surface area contributed by atoms with Crippen molar-refractivity contribution in [2.75, 3.05) is 18.8 Å². The van der Waals surface area contributed by atoms with Gasteiger partial charge in [0, 0.05) is 18.8 Å². The van der Waals surface area contributed by atoms with Gasteiger partial charge in [0.25, 0.3) is 0 Å². The number of urea groups is 1. The molecule has 0 aromatic rings. The molecular weight excluding hydrogens is 148 g/mol. The van der Waals surface area contributed by atoms with Crippen molar-refractivity contribution in [3.63, 3.8) is 0 Å². The lowest BCUT2D eigenvalue weighted by Crippen LogP contribution is -2.36. The molecule has 3 nitrogen and oxygen atoms in total. The van der Waals surface area contributed by atoms with E-state index >= 15 is 0 Å². The van der Waals surface area contributed by atoms with Gasteiger partial charge >= 0.3 is 6.03 Å². The van der Waals surface area contributed by atoms with Gasteiger partial charge in [0.15, 0.2) is 0 Å².